The van der Waals surface area contributed by atoms with Gasteiger partial charge >= 0.3 is 6.18 Å². The van der Waals surface area contributed by atoms with Gasteiger partial charge in [0.1, 0.15) is 5.56 Å². The van der Waals surface area contributed by atoms with Crippen molar-refractivity contribution in [2.24, 2.45) is 0 Å². The Bertz CT molecular complexity index is 1700. The van der Waals surface area contributed by atoms with Gasteiger partial charge in [0.05, 0.1) is 35.5 Å². The third kappa shape index (κ3) is 5.31. The number of nitrogens with zero attached hydrogens (tertiary/aromatic N) is 5. The van der Waals surface area contributed by atoms with Crippen LogP contribution in [0.15, 0.2) is 60.8 Å². The molecule has 0 unspecified atom stereocenters. The average molecular weight is 567 g/mol. The number of rotatable bonds is 6. The molecule has 5 aromatic rings. The Balaban J connectivity index is 1.51. The molecular weight excluding hydrogens is 541 g/mol. The molecule has 206 valence electrons. The van der Waals surface area contributed by atoms with Gasteiger partial charge in [-0.3, -0.25) is 9.48 Å². The average Bonchev–Trinajstić information content (AvgIpc) is 3.45. The topological polar surface area (TPSA) is 77.1 Å². The zero-order chi connectivity index (χ0) is 28.8. The van der Waals surface area contributed by atoms with Gasteiger partial charge in [-0.1, -0.05) is 61.8 Å². The van der Waals surface area contributed by atoms with Crippen LogP contribution in [0.3, 0.4) is 0 Å². The molecule has 1 amide bonds. The third-order valence-corrected chi connectivity index (χ3v) is 7.00. The monoisotopic (exact) mass is 566 g/mol. The lowest BCUT2D eigenvalue weighted by atomic mass is 10.0. The van der Waals surface area contributed by atoms with Crippen LogP contribution < -0.4 is 5.32 Å². The molecule has 0 fully saturated rings. The van der Waals surface area contributed by atoms with Crippen LogP contribution in [0.25, 0.3) is 16.9 Å². The minimum Gasteiger partial charge on any atom is -0.319 e. The molecule has 0 aliphatic heterocycles. The van der Waals surface area contributed by atoms with Gasteiger partial charge in [-0.15, -0.1) is 0 Å². The highest BCUT2D eigenvalue weighted by Crippen LogP contribution is 2.33. The van der Waals surface area contributed by atoms with Crippen molar-refractivity contribution in [2.45, 2.75) is 46.3 Å². The van der Waals surface area contributed by atoms with Crippen molar-refractivity contribution in [3.63, 3.8) is 0 Å². The van der Waals surface area contributed by atoms with Crippen LogP contribution in [0.1, 0.15) is 58.3 Å². The molecule has 3 heterocycles. The van der Waals surface area contributed by atoms with E-state index in [1.165, 1.54) is 0 Å². The van der Waals surface area contributed by atoms with E-state index in [4.69, 9.17) is 11.6 Å². The maximum absolute atomic E-state index is 14.0. The van der Waals surface area contributed by atoms with Crippen molar-refractivity contribution in [1.82, 2.24) is 24.4 Å². The number of carbonyl (C=O) groups excluding carboxylic acids is 1. The first-order valence-corrected chi connectivity index (χ1v) is 13.0. The molecule has 0 saturated carbocycles. The van der Waals surface area contributed by atoms with Crippen molar-refractivity contribution in [3.05, 3.63) is 99.6 Å². The summed E-state index contributed by atoms with van der Waals surface area (Å²) in [6.07, 6.45) is -3.62. The highest BCUT2D eigenvalue weighted by Gasteiger charge is 2.36. The van der Waals surface area contributed by atoms with Gasteiger partial charge in [0.2, 0.25) is 0 Å². The van der Waals surface area contributed by atoms with Gasteiger partial charge in [0.25, 0.3) is 5.91 Å². The van der Waals surface area contributed by atoms with Crippen LogP contribution >= 0.6 is 11.6 Å². The molecule has 0 aliphatic rings. The standard InChI is InChI=1S/C29H26ClF3N6O/c1-16(2)20-7-9-21(10-8-20)24-13-25(29(31,32)33)39-27(35-24)23(14-34-39)28(40)36-26-17(3)37-38(18(26)4)15-19-5-11-22(30)12-6-19/h5-14,16H,15H2,1-4H3,(H,36,40). The van der Waals surface area contributed by atoms with Crippen LogP contribution in [-0.2, 0) is 12.7 Å². The largest absolute Gasteiger partial charge is 0.433 e. The Morgan fingerprint density at radius 3 is 2.35 bits per heavy atom. The smallest absolute Gasteiger partial charge is 0.319 e. The van der Waals surface area contributed by atoms with E-state index in [0.717, 1.165) is 23.4 Å². The SMILES string of the molecule is Cc1nn(Cc2ccc(Cl)cc2)c(C)c1NC(=O)c1cnn2c(C(F)(F)F)cc(-c3ccc(C(C)C)cc3)nc12. The van der Waals surface area contributed by atoms with Crippen LogP contribution in [0.5, 0.6) is 0 Å². The van der Waals surface area contributed by atoms with E-state index in [1.807, 2.05) is 38.1 Å². The Morgan fingerprint density at radius 2 is 1.73 bits per heavy atom. The van der Waals surface area contributed by atoms with Crippen LogP contribution in [0.2, 0.25) is 5.02 Å². The molecule has 0 aliphatic carbocycles. The fraction of sp³-hybridized carbons (Fsp3) is 0.241. The lowest BCUT2D eigenvalue weighted by Crippen LogP contribution is -2.16. The number of nitrogens with one attached hydrogen (secondary N) is 1. The van der Waals surface area contributed by atoms with Crippen molar-refractivity contribution in [2.75, 3.05) is 5.32 Å². The quantitative estimate of drug-likeness (QED) is 0.234. The zero-order valence-corrected chi connectivity index (χ0v) is 23.0. The number of halogens is 4. The van der Waals surface area contributed by atoms with E-state index >= 15 is 0 Å². The summed E-state index contributed by atoms with van der Waals surface area (Å²) in [4.78, 5) is 17.8. The molecular formula is C29H26ClF3N6O. The number of aromatic nitrogens is 5. The number of amides is 1. The van der Waals surface area contributed by atoms with Gasteiger partial charge in [0.15, 0.2) is 11.3 Å². The normalized spacial score (nSPS) is 11.9. The minimum atomic E-state index is -4.72. The van der Waals surface area contributed by atoms with Gasteiger partial charge in [-0.25, -0.2) is 9.50 Å². The Hall–Kier alpha value is -4.18. The molecule has 0 spiro atoms. The van der Waals surface area contributed by atoms with E-state index < -0.39 is 17.8 Å². The number of anilines is 1. The molecule has 0 radical (unpaired) electrons. The van der Waals surface area contributed by atoms with Crippen molar-refractivity contribution >= 4 is 28.8 Å². The van der Waals surface area contributed by atoms with Crippen molar-refractivity contribution < 1.29 is 18.0 Å². The van der Waals surface area contributed by atoms with Crippen LogP contribution in [0.4, 0.5) is 18.9 Å². The van der Waals surface area contributed by atoms with Gasteiger partial charge in [0, 0.05) is 10.6 Å². The molecule has 2 aromatic carbocycles. The van der Waals surface area contributed by atoms with Gasteiger partial charge < -0.3 is 5.32 Å². The third-order valence-electron chi connectivity index (χ3n) is 6.75. The van der Waals surface area contributed by atoms with Crippen molar-refractivity contribution in [1.29, 1.82) is 0 Å². The molecule has 0 bridgehead atoms. The first kappa shape index (κ1) is 27.4. The number of fused-ring (bicyclic) bond motifs is 1. The molecule has 5 rings (SSSR count). The predicted molar refractivity (Wildman–Crippen MR) is 148 cm³/mol. The Kier molecular flexibility index (Phi) is 7.14. The molecule has 0 saturated heterocycles. The summed E-state index contributed by atoms with van der Waals surface area (Å²) in [6.45, 7) is 8.06. The fourth-order valence-electron chi connectivity index (χ4n) is 4.49. The summed E-state index contributed by atoms with van der Waals surface area (Å²) in [5, 5.41) is 11.8. The van der Waals surface area contributed by atoms with Gasteiger partial charge in [-0.2, -0.15) is 23.4 Å². The fourth-order valence-corrected chi connectivity index (χ4v) is 4.61. The Labute approximate surface area is 233 Å². The lowest BCUT2D eigenvalue weighted by molar-refractivity contribution is -0.142. The summed E-state index contributed by atoms with van der Waals surface area (Å²) in [5.74, 6) is -0.372. The number of hydrogen-bond donors (Lipinski definition) is 1. The minimum absolute atomic E-state index is 0.0876. The first-order chi connectivity index (χ1) is 18.9. The summed E-state index contributed by atoms with van der Waals surface area (Å²) in [7, 11) is 0. The summed E-state index contributed by atoms with van der Waals surface area (Å²) >= 11 is 5.98. The molecule has 1 N–H and O–H groups in total. The summed E-state index contributed by atoms with van der Waals surface area (Å²) in [6, 6.07) is 15.4. The van der Waals surface area contributed by atoms with E-state index in [9.17, 15) is 18.0 Å². The second-order valence-electron chi connectivity index (χ2n) is 9.88. The number of aryl methyl sites for hydroxylation is 1. The molecule has 7 nitrogen and oxygen atoms in total. The number of alkyl halides is 3. The van der Waals surface area contributed by atoms with E-state index in [1.54, 1.807) is 42.8 Å². The number of benzene rings is 2. The second-order valence-corrected chi connectivity index (χ2v) is 10.3. The maximum atomic E-state index is 14.0. The van der Waals surface area contributed by atoms with Gasteiger partial charge in [-0.05, 0) is 49.1 Å². The van der Waals surface area contributed by atoms with Crippen LogP contribution in [0, 0.1) is 13.8 Å². The number of hydrogen-bond acceptors (Lipinski definition) is 4. The molecule has 3 aromatic heterocycles. The van der Waals surface area contributed by atoms with E-state index in [2.05, 4.69) is 20.5 Å². The maximum Gasteiger partial charge on any atom is 0.433 e. The first-order valence-electron chi connectivity index (χ1n) is 12.6. The summed E-state index contributed by atoms with van der Waals surface area (Å²) < 4.78 is 44.5. The van der Waals surface area contributed by atoms with E-state index in [-0.39, 0.29) is 22.8 Å². The number of carbonyl (C=O) groups is 1. The lowest BCUT2D eigenvalue weighted by Gasteiger charge is -2.12. The highest BCUT2D eigenvalue weighted by atomic mass is 35.5. The molecule has 11 heteroatoms. The van der Waals surface area contributed by atoms with Crippen molar-refractivity contribution in [3.8, 4) is 11.3 Å². The van der Waals surface area contributed by atoms with E-state index in [0.29, 0.717) is 38.7 Å². The Morgan fingerprint density at radius 1 is 1.05 bits per heavy atom. The second kappa shape index (κ2) is 10.4. The zero-order valence-electron chi connectivity index (χ0n) is 22.2. The molecule has 0 atom stereocenters. The van der Waals surface area contributed by atoms with Crippen LogP contribution in [-0.4, -0.2) is 30.3 Å². The highest BCUT2D eigenvalue weighted by molar-refractivity contribution is 6.30. The molecule has 40 heavy (non-hydrogen) atoms. The predicted octanol–water partition coefficient (Wildman–Crippen LogP) is 7.31. The summed E-state index contributed by atoms with van der Waals surface area (Å²) in [5.41, 5.74) is 3.01.